The van der Waals surface area contributed by atoms with Crippen LogP contribution in [-0.4, -0.2) is 38.7 Å². The number of aromatic nitrogens is 3. The van der Waals surface area contributed by atoms with Gasteiger partial charge in [-0.3, -0.25) is 14.3 Å². The van der Waals surface area contributed by atoms with Crippen LogP contribution in [0.15, 0.2) is 40.0 Å². The molecule has 3 heterocycles. The Bertz CT molecular complexity index is 673. The topological polar surface area (TPSA) is 71.0 Å². The van der Waals surface area contributed by atoms with E-state index in [1.807, 2.05) is 10.9 Å². The number of pyridine rings is 1. The van der Waals surface area contributed by atoms with Gasteiger partial charge in [-0.2, -0.15) is 5.10 Å². The van der Waals surface area contributed by atoms with Gasteiger partial charge in [0.25, 0.3) is 5.91 Å². The summed E-state index contributed by atoms with van der Waals surface area (Å²) in [5, 5.41) is 4.26. The smallest absolute Gasteiger partial charge is 0.255 e. The maximum atomic E-state index is 12.3. The van der Waals surface area contributed by atoms with E-state index in [9.17, 15) is 9.59 Å². The van der Waals surface area contributed by atoms with Crippen molar-refractivity contribution in [1.29, 1.82) is 0 Å². The fourth-order valence-corrected chi connectivity index (χ4v) is 2.68. The average Bonchev–Trinajstić information content (AvgIpc) is 3.07. The predicted molar refractivity (Wildman–Crippen MR) is 76.5 cm³/mol. The van der Waals surface area contributed by atoms with Crippen LogP contribution in [0.3, 0.4) is 0 Å². The summed E-state index contributed by atoms with van der Waals surface area (Å²) in [5.41, 5.74) is 0.300. The minimum absolute atomic E-state index is 0.0602. The summed E-state index contributed by atoms with van der Waals surface area (Å²) >= 11 is 3.37. The van der Waals surface area contributed by atoms with Crippen LogP contribution in [-0.2, 0) is 0 Å². The first kappa shape index (κ1) is 13.1. The molecule has 1 saturated heterocycles. The number of amides is 1. The van der Waals surface area contributed by atoms with Gasteiger partial charge in [-0.05, 0) is 28.4 Å². The van der Waals surface area contributed by atoms with Crippen molar-refractivity contribution in [3.63, 3.8) is 0 Å². The van der Waals surface area contributed by atoms with Crippen LogP contribution in [0.4, 0.5) is 0 Å². The molecule has 0 aromatic carbocycles. The summed E-state index contributed by atoms with van der Waals surface area (Å²) in [6.07, 6.45) is 6.00. The lowest BCUT2D eigenvalue weighted by molar-refractivity contribution is 0.0786. The lowest BCUT2D eigenvalue weighted by atomic mass is 10.2. The van der Waals surface area contributed by atoms with Crippen LogP contribution in [0.25, 0.3) is 0 Å². The van der Waals surface area contributed by atoms with Gasteiger partial charge in [0, 0.05) is 31.5 Å². The maximum Gasteiger partial charge on any atom is 0.255 e. The van der Waals surface area contributed by atoms with Crippen molar-refractivity contribution in [2.75, 3.05) is 13.1 Å². The van der Waals surface area contributed by atoms with Crippen molar-refractivity contribution in [2.24, 2.45) is 0 Å². The molecule has 1 amide bonds. The third-order valence-corrected chi connectivity index (χ3v) is 3.84. The first-order valence-electron chi connectivity index (χ1n) is 6.31. The molecular weight excluding hydrogens is 324 g/mol. The second kappa shape index (κ2) is 5.24. The Hall–Kier alpha value is -1.89. The predicted octanol–water partition coefficient (Wildman–Crippen LogP) is 1.42. The number of hydrogen-bond acceptors (Lipinski definition) is 3. The third-order valence-electron chi connectivity index (χ3n) is 3.43. The molecule has 1 atom stereocenters. The number of hydrogen-bond donors (Lipinski definition) is 1. The number of aromatic amines is 1. The molecule has 6 nitrogen and oxygen atoms in total. The quantitative estimate of drug-likeness (QED) is 0.901. The number of nitrogens with one attached hydrogen (secondary N) is 1. The number of carbonyl (C=O) groups excluding carboxylic acids is 1. The Labute approximate surface area is 123 Å². The molecule has 0 spiro atoms. The van der Waals surface area contributed by atoms with E-state index < -0.39 is 0 Å². The standard InChI is InChI=1S/C13H13BrN4O2/c14-10-6-16-18(7-10)11-3-4-17(8-11)13(20)9-1-2-12(19)15-5-9/h1-2,5-7,11H,3-4,8H2,(H,15,19). The highest BCUT2D eigenvalue weighted by atomic mass is 79.9. The van der Waals surface area contributed by atoms with Crippen LogP contribution in [0.1, 0.15) is 22.8 Å². The number of rotatable bonds is 2. The second-order valence-corrected chi connectivity index (χ2v) is 5.69. The molecule has 1 N–H and O–H groups in total. The number of H-pyrrole nitrogens is 1. The van der Waals surface area contributed by atoms with Gasteiger partial charge in [-0.1, -0.05) is 0 Å². The van der Waals surface area contributed by atoms with E-state index in [1.54, 1.807) is 17.2 Å². The van der Waals surface area contributed by atoms with Crippen molar-refractivity contribution in [2.45, 2.75) is 12.5 Å². The first-order chi connectivity index (χ1) is 9.63. The van der Waals surface area contributed by atoms with Crippen LogP contribution >= 0.6 is 15.9 Å². The highest BCUT2D eigenvalue weighted by Gasteiger charge is 2.28. The molecule has 1 unspecified atom stereocenters. The number of carbonyl (C=O) groups is 1. The largest absolute Gasteiger partial charge is 0.336 e. The summed E-state index contributed by atoms with van der Waals surface area (Å²) in [4.78, 5) is 27.6. The summed E-state index contributed by atoms with van der Waals surface area (Å²) in [5.74, 6) is -0.0602. The van der Waals surface area contributed by atoms with E-state index in [1.165, 1.54) is 12.3 Å². The highest BCUT2D eigenvalue weighted by Crippen LogP contribution is 2.23. The average molecular weight is 337 g/mol. The van der Waals surface area contributed by atoms with Crippen molar-refractivity contribution in [3.05, 3.63) is 51.1 Å². The molecule has 0 saturated carbocycles. The number of likely N-dealkylation sites (tertiary alicyclic amines) is 1. The summed E-state index contributed by atoms with van der Waals surface area (Å²) in [6, 6.07) is 3.12. The molecule has 1 aliphatic heterocycles. The first-order valence-corrected chi connectivity index (χ1v) is 7.10. The van der Waals surface area contributed by atoms with E-state index in [2.05, 4.69) is 26.0 Å². The number of nitrogens with zero attached hydrogens (tertiary/aromatic N) is 3. The molecule has 0 bridgehead atoms. The normalized spacial score (nSPS) is 18.4. The van der Waals surface area contributed by atoms with Gasteiger partial charge >= 0.3 is 0 Å². The van der Waals surface area contributed by atoms with E-state index in [-0.39, 0.29) is 17.5 Å². The van der Waals surface area contributed by atoms with E-state index in [0.29, 0.717) is 18.7 Å². The molecular formula is C13H13BrN4O2. The van der Waals surface area contributed by atoms with Gasteiger partial charge < -0.3 is 9.88 Å². The van der Waals surface area contributed by atoms with Crippen molar-refractivity contribution >= 4 is 21.8 Å². The van der Waals surface area contributed by atoms with Crippen molar-refractivity contribution in [3.8, 4) is 0 Å². The monoisotopic (exact) mass is 336 g/mol. The fourth-order valence-electron chi connectivity index (χ4n) is 2.38. The molecule has 1 fully saturated rings. The Morgan fingerprint density at radius 3 is 2.95 bits per heavy atom. The Morgan fingerprint density at radius 2 is 2.30 bits per heavy atom. The van der Waals surface area contributed by atoms with Gasteiger partial charge in [0.1, 0.15) is 0 Å². The Balaban J connectivity index is 1.72. The molecule has 3 rings (SSSR count). The summed E-state index contributed by atoms with van der Waals surface area (Å²) in [6.45, 7) is 1.33. The fraction of sp³-hybridized carbons (Fsp3) is 0.308. The van der Waals surface area contributed by atoms with Crippen LogP contribution in [0.2, 0.25) is 0 Å². The highest BCUT2D eigenvalue weighted by molar-refractivity contribution is 9.10. The van der Waals surface area contributed by atoms with Gasteiger partial charge in [-0.15, -0.1) is 0 Å². The molecule has 7 heteroatoms. The zero-order valence-corrected chi connectivity index (χ0v) is 12.2. The van der Waals surface area contributed by atoms with Gasteiger partial charge in [0.15, 0.2) is 0 Å². The lowest BCUT2D eigenvalue weighted by Gasteiger charge is -2.16. The molecule has 104 valence electrons. The molecule has 2 aromatic rings. The van der Waals surface area contributed by atoms with Crippen molar-refractivity contribution in [1.82, 2.24) is 19.7 Å². The summed E-state index contributed by atoms with van der Waals surface area (Å²) in [7, 11) is 0. The van der Waals surface area contributed by atoms with E-state index >= 15 is 0 Å². The van der Waals surface area contributed by atoms with Crippen LogP contribution in [0.5, 0.6) is 0 Å². The molecule has 1 aliphatic rings. The van der Waals surface area contributed by atoms with Gasteiger partial charge in [0.05, 0.1) is 22.3 Å². The summed E-state index contributed by atoms with van der Waals surface area (Å²) < 4.78 is 2.81. The molecule has 2 aromatic heterocycles. The Kier molecular flexibility index (Phi) is 3.43. The molecule has 20 heavy (non-hydrogen) atoms. The zero-order valence-electron chi connectivity index (χ0n) is 10.6. The molecule has 0 radical (unpaired) electrons. The van der Waals surface area contributed by atoms with Crippen LogP contribution in [0, 0.1) is 0 Å². The van der Waals surface area contributed by atoms with Crippen LogP contribution < -0.4 is 5.56 Å². The third kappa shape index (κ3) is 2.53. The number of halogens is 1. The SMILES string of the molecule is O=C(c1ccc(=O)[nH]c1)N1CCC(n2cc(Br)cn2)C1. The second-order valence-electron chi connectivity index (χ2n) is 4.77. The maximum absolute atomic E-state index is 12.3. The minimum atomic E-state index is -0.206. The van der Waals surface area contributed by atoms with Crippen molar-refractivity contribution < 1.29 is 4.79 Å². The van der Waals surface area contributed by atoms with Gasteiger partial charge in [0.2, 0.25) is 5.56 Å². The minimum Gasteiger partial charge on any atom is -0.336 e. The lowest BCUT2D eigenvalue weighted by Crippen LogP contribution is -2.29. The molecule has 0 aliphatic carbocycles. The van der Waals surface area contributed by atoms with E-state index in [4.69, 9.17) is 0 Å². The zero-order chi connectivity index (χ0) is 14.1. The Morgan fingerprint density at radius 1 is 1.45 bits per heavy atom. The van der Waals surface area contributed by atoms with Gasteiger partial charge in [-0.25, -0.2) is 0 Å². The van der Waals surface area contributed by atoms with E-state index in [0.717, 1.165) is 10.9 Å².